The fourth-order valence-electron chi connectivity index (χ4n) is 2.63. The first kappa shape index (κ1) is 8.76. The van der Waals surface area contributed by atoms with Gasteiger partial charge in [-0.1, -0.05) is 44.2 Å². The molecule has 1 saturated carbocycles. The van der Waals surface area contributed by atoms with Crippen LogP contribution in [-0.4, -0.2) is 0 Å². The van der Waals surface area contributed by atoms with Crippen LogP contribution in [0.2, 0.25) is 0 Å². The van der Waals surface area contributed by atoms with Crippen LogP contribution in [0.1, 0.15) is 32.3 Å². The SMILES string of the molecule is CC1(C)CC(N)(c2ccccc2)C1. The summed E-state index contributed by atoms with van der Waals surface area (Å²) in [6.07, 6.45) is 2.20. The third-order valence-corrected chi connectivity index (χ3v) is 2.94. The molecule has 0 bridgehead atoms. The highest BCUT2D eigenvalue weighted by Crippen LogP contribution is 2.51. The third-order valence-electron chi connectivity index (χ3n) is 2.94. The van der Waals surface area contributed by atoms with E-state index in [1.165, 1.54) is 5.56 Å². The molecule has 0 saturated heterocycles. The summed E-state index contributed by atoms with van der Waals surface area (Å²) in [5.41, 5.74) is 7.97. The molecule has 70 valence electrons. The zero-order valence-electron chi connectivity index (χ0n) is 8.38. The van der Waals surface area contributed by atoms with E-state index in [0.29, 0.717) is 5.41 Å². The maximum absolute atomic E-state index is 6.30. The molecular weight excluding hydrogens is 158 g/mol. The first-order chi connectivity index (χ1) is 6.02. The van der Waals surface area contributed by atoms with E-state index >= 15 is 0 Å². The second-order valence-corrected chi connectivity index (χ2v) is 5.04. The lowest BCUT2D eigenvalue weighted by Gasteiger charge is -2.51. The largest absolute Gasteiger partial charge is 0.321 e. The van der Waals surface area contributed by atoms with Crippen LogP contribution in [0.4, 0.5) is 0 Å². The van der Waals surface area contributed by atoms with Gasteiger partial charge in [-0.2, -0.15) is 0 Å². The molecule has 2 rings (SSSR count). The predicted octanol–water partition coefficient (Wildman–Crippen LogP) is 2.66. The van der Waals surface area contributed by atoms with Crippen molar-refractivity contribution in [1.82, 2.24) is 0 Å². The van der Waals surface area contributed by atoms with Crippen molar-refractivity contribution in [3.8, 4) is 0 Å². The highest BCUT2D eigenvalue weighted by Gasteiger charge is 2.47. The minimum Gasteiger partial charge on any atom is -0.321 e. The number of hydrogen-bond acceptors (Lipinski definition) is 1. The topological polar surface area (TPSA) is 26.0 Å². The molecule has 0 spiro atoms. The van der Waals surface area contributed by atoms with Gasteiger partial charge in [-0.05, 0) is 23.8 Å². The van der Waals surface area contributed by atoms with Gasteiger partial charge in [0.05, 0.1) is 0 Å². The van der Waals surface area contributed by atoms with Crippen LogP contribution < -0.4 is 5.73 Å². The van der Waals surface area contributed by atoms with E-state index in [0.717, 1.165) is 12.8 Å². The Morgan fingerprint density at radius 2 is 1.62 bits per heavy atom. The summed E-state index contributed by atoms with van der Waals surface area (Å²) >= 11 is 0. The van der Waals surface area contributed by atoms with Crippen LogP contribution in [-0.2, 0) is 5.54 Å². The van der Waals surface area contributed by atoms with E-state index in [-0.39, 0.29) is 5.54 Å². The standard InChI is InChI=1S/C12H17N/c1-11(2)8-12(13,9-11)10-6-4-3-5-7-10/h3-7H,8-9,13H2,1-2H3. The fraction of sp³-hybridized carbons (Fsp3) is 0.500. The lowest BCUT2D eigenvalue weighted by Crippen LogP contribution is -2.53. The first-order valence-electron chi connectivity index (χ1n) is 4.86. The molecule has 1 aliphatic rings. The van der Waals surface area contributed by atoms with Gasteiger partial charge in [-0.15, -0.1) is 0 Å². The second kappa shape index (κ2) is 2.58. The zero-order chi connectivity index (χ0) is 9.53. The van der Waals surface area contributed by atoms with Crippen molar-refractivity contribution >= 4 is 0 Å². The summed E-state index contributed by atoms with van der Waals surface area (Å²) in [7, 11) is 0. The monoisotopic (exact) mass is 175 g/mol. The van der Waals surface area contributed by atoms with E-state index < -0.39 is 0 Å². The molecule has 0 atom stereocenters. The number of rotatable bonds is 1. The molecule has 0 aromatic heterocycles. The van der Waals surface area contributed by atoms with Crippen molar-refractivity contribution < 1.29 is 0 Å². The Labute approximate surface area is 80.0 Å². The summed E-state index contributed by atoms with van der Waals surface area (Å²) in [6.45, 7) is 4.56. The minimum atomic E-state index is -0.0508. The van der Waals surface area contributed by atoms with Gasteiger partial charge in [0.25, 0.3) is 0 Å². The molecule has 0 amide bonds. The summed E-state index contributed by atoms with van der Waals surface area (Å²) in [5, 5.41) is 0. The van der Waals surface area contributed by atoms with Crippen molar-refractivity contribution in [2.24, 2.45) is 11.1 Å². The minimum absolute atomic E-state index is 0.0508. The van der Waals surface area contributed by atoms with Crippen molar-refractivity contribution in [2.45, 2.75) is 32.2 Å². The van der Waals surface area contributed by atoms with Gasteiger partial charge in [0.15, 0.2) is 0 Å². The van der Waals surface area contributed by atoms with Crippen LogP contribution >= 0.6 is 0 Å². The third kappa shape index (κ3) is 1.49. The number of hydrogen-bond donors (Lipinski definition) is 1. The normalized spacial score (nSPS) is 23.6. The van der Waals surface area contributed by atoms with Crippen LogP contribution in [0.3, 0.4) is 0 Å². The first-order valence-corrected chi connectivity index (χ1v) is 4.86. The number of benzene rings is 1. The molecule has 0 heterocycles. The van der Waals surface area contributed by atoms with Gasteiger partial charge < -0.3 is 5.73 Å². The Morgan fingerprint density at radius 3 is 2.08 bits per heavy atom. The van der Waals surface area contributed by atoms with Crippen molar-refractivity contribution in [3.63, 3.8) is 0 Å². The summed E-state index contributed by atoms with van der Waals surface area (Å²) in [5.74, 6) is 0. The van der Waals surface area contributed by atoms with E-state index in [1.54, 1.807) is 0 Å². The number of nitrogens with two attached hydrogens (primary N) is 1. The molecule has 1 fully saturated rings. The van der Waals surface area contributed by atoms with Gasteiger partial charge in [0, 0.05) is 5.54 Å². The van der Waals surface area contributed by atoms with E-state index in [9.17, 15) is 0 Å². The van der Waals surface area contributed by atoms with Crippen molar-refractivity contribution in [1.29, 1.82) is 0 Å². The summed E-state index contributed by atoms with van der Waals surface area (Å²) in [6, 6.07) is 10.4. The Balaban J connectivity index is 2.21. The van der Waals surface area contributed by atoms with Crippen LogP contribution in [0.15, 0.2) is 30.3 Å². The quantitative estimate of drug-likeness (QED) is 0.697. The van der Waals surface area contributed by atoms with Crippen LogP contribution in [0, 0.1) is 5.41 Å². The molecule has 13 heavy (non-hydrogen) atoms. The fourth-order valence-corrected chi connectivity index (χ4v) is 2.63. The average molecular weight is 175 g/mol. The lowest BCUT2D eigenvalue weighted by molar-refractivity contribution is 0.0618. The zero-order valence-corrected chi connectivity index (χ0v) is 8.38. The van der Waals surface area contributed by atoms with E-state index in [1.807, 2.05) is 6.07 Å². The maximum atomic E-state index is 6.30. The summed E-state index contributed by atoms with van der Waals surface area (Å²) < 4.78 is 0. The maximum Gasteiger partial charge on any atom is 0.0419 e. The molecular formula is C12H17N. The van der Waals surface area contributed by atoms with Crippen molar-refractivity contribution in [3.05, 3.63) is 35.9 Å². The summed E-state index contributed by atoms with van der Waals surface area (Å²) in [4.78, 5) is 0. The molecule has 0 unspecified atom stereocenters. The van der Waals surface area contributed by atoms with Gasteiger partial charge in [-0.25, -0.2) is 0 Å². The molecule has 0 radical (unpaired) electrons. The Bertz CT molecular complexity index is 292. The molecule has 1 aliphatic carbocycles. The molecule has 2 N–H and O–H groups in total. The van der Waals surface area contributed by atoms with Crippen LogP contribution in [0.5, 0.6) is 0 Å². The molecule has 1 nitrogen and oxygen atoms in total. The lowest BCUT2D eigenvalue weighted by atomic mass is 9.57. The molecule has 0 aliphatic heterocycles. The highest BCUT2D eigenvalue weighted by molar-refractivity contribution is 5.28. The van der Waals surface area contributed by atoms with Gasteiger partial charge in [0.1, 0.15) is 0 Å². The molecule has 1 heteroatoms. The Hall–Kier alpha value is -0.820. The smallest absolute Gasteiger partial charge is 0.0419 e. The van der Waals surface area contributed by atoms with E-state index in [4.69, 9.17) is 5.73 Å². The second-order valence-electron chi connectivity index (χ2n) is 5.04. The van der Waals surface area contributed by atoms with Gasteiger partial charge in [0.2, 0.25) is 0 Å². The molecule has 1 aromatic carbocycles. The Kier molecular flexibility index (Phi) is 1.74. The van der Waals surface area contributed by atoms with Crippen molar-refractivity contribution in [2.75, 3.05) is 0 Å². The van der Waals surface area contributed by atoms with Crippen LogP contribution in [0.25, 0.3) is 0 Å². The van der Waals surface area contributed by atoms with Gasteiger partial charge >= 0.3 is 0 Å². The average Bonchev–Trinajstić information content (AvgIpc) is 2.02. The van der Waals surface area contributed by atoms with Gasteiger partial charge in [-0.3, -0.25) is 0 Å². The van der Waals surface area contributed by atoms with E-state index in [2.05, 4.69) is 38.1 Å². The Morgan fingerprint density at radius 1 is 1.08 bits per heavy atom. The predicted molar refractivity (Wildman–Crippen MR) is 55.3 cm³/mol. The molecule has 1 aromatic rings. The highest BCUT2D eigenvalue weighted by atomic mass is 14.8.